The third-order valence-electron chi connectivity index (χ3n) is 5.37. The lowest BCUT2D eigenvalue weighted by Gasteiger charge is -2.32. The van der Waals surface area contributed by atoms with Gasteiger partial charge in [0.2, 0.25) is 0 Å². The Kier molecular flexibility index (Phi) is 6.85. The molecule has 0 atom stereocenters. The van der Waals surface area contributed by atoms with Gasteiger partial charge in [-0.1, -0.05) is 13.8 Å². The molecule has 0 aromatic carbocycles. The van der Waals surface area contributed by atoms with Gasteiger partial charge in [0.15, 0.2) is 11.8 Å². The zero-order valence-electron chi connectivity index (χ0n) is 16.7. The number of nitrogens with one attached hydrogen (secondary N) is 2. The summed E-state index contributed by atoms with van der Waals surface area (Å²) < 4.78 is 1.77. The molecule has 6 nitrogen and oxygen atoms in total. The fourth-order valence-corrected chi connectivity index (χ4v) is 3.70. The van der Waals surface area contributed by atoms with Crippen LogP contribution in [-0.4, -0.2) is 33.3 Å². The Morgan fingerprint density at radius 1 is 1.26 bits per heavy atom. The molecule has 2 N–H and O–H groups in total. The van der Waals surface area contributed by atoms with Crippen LogP contribution in [-0.2, 0) is 6.54 Å². The van der Waals surface area contributed by atoms with Crippen molar-refractivity contribution in [3.05, 3.63) is 42.4 Å². The second kappa shape index (κ2) is 9.53. The Labute approximate surface area is 162 Å². The minimum atomic E-state index is 0.523. The van der Waals surface area contributed by atoms with Gasteiger partial charge in [-0.25, -0.2) is 14.7 Å². The zero-order valence-corrected chi connectivity index (χ0v) is 16.7. The van der Waals surface area contributed by atoms with E-state index in [0.29, 0.717) is 12.6 Å². The van der Waals surface area contributed by atoms with Gasteiger partial charge < -0.3 is 10.6 Å². The number of rotatable bonds is 6. The summed E-state index contributed by atoms with van der Waals surface area (Å²) in [5, 5.41) is 11.3. The van der Waals surface area contributed by atoms with Crippen molar-refractivity contribution in [3.8, 4) is 5.82 Å². The Bertz CT molecular complexity index is 714. The van der Waals surface area contributed by atoms with E-state index in [0.717, 1.165) is 35.7 Å². The first-order valence-corrected chi connectivity index (χ1v) is 10.2. The van der Waals surface area contributed by atoms with Gasteiger partial charge in [0.1, 0.15) is 0 Å². The van der Waals surface area contributed by atoms with Crippen LogP contribution in [0.5, 0.6) is 0 Å². The van der Waals surface area contributed by atoms with Gasteiger partial charge >= 0.3 is 0 Å². The maximum absolute atomic E-state index is 4.79. The van der Waals surface area contributed by atoms with Crippen molar-refractivity contribution < 1.29 is 0 Å². The minimum absolute atomic E-state index is 0.523. The second-order valence-electron chi connectivity index (χ2n) is 7.67. The molecule has 2 aromatic rings. The Balaban J connectivity index is 1.60. The Morgan fingerprint density at radius 3 is 2.74 bits per heavy atom. The van der Waals surface area contributed by atoms with Gasteiger partial charge in [0.05, 0.1) is 6.54 Å². The molecule has 27 heavy (non-hydrogen) atoms. The lowest BCUT2D eigenvalue weighted by Crippen LogP contribution is -2.45. The molecular formula is C21H32N6. The summed E-state index contributed by atoms with van der Waals surface area (Å²) in [6.07, 6.45) is 10.5. The molecule has 1 aliphatic rings. The summed E-state index contributed by atoms with van der Waals surface area (Å²) >= 11 is 0. The molecule has 0 amide bonds. The van der Waals surface area contributed by atoms with E-state index in [4.69, 9.17) is 4.99 Å². The highest BCUT2D eigenvalue weighted by Crippen LogP contribution is 2.29. The minimum Gasteiger partial charge on any atom is -0.357 e. The third kappa shape index (κ3) is 5.55. The summed E-state index contributed by atoms with van der Waals surface area (Å²) in [7, 11) is 0. The van der Waals surface area contributed by atoms with E-state index >= 15 is 0 Å². The molecule has 0 unspecified atom stereocenters. The van der Waals surface area contributed by atoms with Crippen LogP contribution in [0.25, 0.3) is 5.82 Å². The fraction of sp³-hybridized carbons (Fsp3) is 0.571. The predicted molar refractivity (Wildman–Crippen MR) is 110 cm³/mol. The first-order chi connectivity index (χ1) is 13.2. The van der Waals surface area contributed by atoms with Crippen molar-refractivity contribution in [1.29, 1.82) is 0 Å². The van der Waals surface area contributed by atoms with E-state index in [2.05, 4.69) is 41.5 Å². The van der Waals surface area contributed by atoms with Gasteiger partial charge in [0, 0.05) is 31.2 Å². The van der Waals surface area contributed by atoms with Gasteiger partial charge in [-0.05, 0) is 68.2 Å². The van der Waals surface area contributed by atoms with Gasteiger partial charge in [-0.2, -0.15) is 5.10 Å². The molecule has 0 bridgehead atoms. The SMILES string of the molecule is CCNC(=NCc1ccnc(-n2cccn2)c1)NC1CCC(C(C)C)CC1. The molecule has 0 saturated heterocycles. The van der Waals surface area contributed by atoms with E-state index in [1.807, 2.05) is 30.6 Å². The maximum atomic E-state index is 4.79. The van der Waals surface area contributed by atoms with Crippen LogP contribution in [0.2, 0.25) is 0 Å². The molecule has 0 radical (unpaired) electrons. The topological polar surface area (TPSA) is 67.1 Å². The highest BCUT2D eigenvalue weighted by atomic mass is 15.3. The van der Waals surface area contributed by atoms with E-state index in [-0.39, 0.29) is 0 Å². The molecule has 1 aliphatic carbocycles. The average Bonchev–Trinajstić information content (AvgIpc) is 3.22. The molecular weight excluding hydrogens is 336 g/mol. The van der Waals surface area contributed by atoms with Crippen LogP contribution in [0, 0.1) is 11.8 Å². The van der Waals surface area contributed by atoms with Crippen LogP contribution in [0.1, 0.15) is 52.0 Å². The first kappa shape index (κ1) is 19.4. The van der Waals surface area contributed by atoms with Gasteiger partial charge in [-0.3, -0.25) is 0 Å². The summed E-state index contributed by atoms with van der Waals surface area (Å²) in [6, 6.07) is 6.46. The quantitative estimate of drug-likeness (QED) is 0.604. The second-order valence-corrected chi connectivity index (χ2v) is 7.67. The van der Waals surface area contributed by atoms with Gasteiger partial charge in [-0.15, -0.1) is 0 Å². The highest BCUT2D eigenvalue weighted by Gasteiger charge is 2.23. The summed E-state index contributed by atoms with van der Waals surface area (Å²) in [4.78, 5) is 9.17. The molecule has 1 saturated carbocycles. The molecule has 0 spiro atoms. The van der Waals surface area contributed by atoms with Crippen LogP contribution in [0.15, 0.2) is 41.8 Å². The van der Waals surface area contributed by atoms with E-state index < -0.39 is 0 Å². The standard InChI is InChI=1S/C21H32N6/c1-4-22-21(26-19-8-6-18(7-9-19)16(2)3)24-15-17-10-12-23-20(14-17)27-13-5-11-25-27/h5,10-14,16,18-19H,4,6-9,15H2,1-3H3,(H2,22,24,26). The number of aliphatic imine (C=N–C) groups is 1. The largest absolute Gasteiger partial charge is 0.357 e. The van der Waals surface area contributed by atoms with E-state index in [1.165, 1.54) is 25.7 Å². The summed E-state index contributed by atoms with van der Waals surface area (Å²) in [6.45, 7) is 8.27. The molecule has 2 aromatic heterocycles. The Hall–Kier alpha value is -2.37. The van der Waals surface area contributed by atoms with E-state index in [9.17, 15) is 0 Å². The molecule has 2 heterocycles. The monoisotopic (exact) mass is 368 g/mol. The van der Waals surface area contributed by atoms with Crippen LogP contribution in [0.3, 0.4) is 0 Å². The molecule has 1 fully saturated rings. The number of aromatic nitrogens is 3. The predicted octanol–water partition coefficient (Wildman–Crippen LogP) is 3.54. The highest BCUT2D eigenvalue weighted by molar-refractivity contribution is 5.80. The van der Waals surface area contributed by atoms with Crippen molar-refractivity contribution in [3.63, 3.8) is 0 Å². The van der Waals surface area contributed by atoms with Crippen molar-refractivity contribution in [2.75, 3.05) is 6.54 Å². The number of hydrogen-bond acceptors (Lipinski definition) is 3. The zero-order chi connectivity index (χ0) is 19.1. The molecule has 0 aliphatic heterocycles. The van der Waals surface area contributed by atoms with Crippen LogP contribution >= 0.6 is 0 Å². The van der Waals surface area contributed by atoms with Gasteiger partial charge in [0.25, 0.3) is 0 Å². The maximum Gasteiger partial charge on any atom is 0.191 e. The number of nitrogens with zero attached hydrogens (tertiary/aromatic N) is 4. The lowest BCUT2D eigenvalue weighted by molar-refractivity contribution is 0.250. The van der Waals surface area contributed by atoms with Crippen molar-refractivity contribution in [2.45, 2.75) is 59.0 Å². The normalized spacial score (nSPS) is 20.7. The summed E-state index contributed by atoms with van der Waals surface area (Å²) in [5.74, 6) is 3.39. The smallest absolute Gasteiger partial charge is 0.191 e. The number of hydrogen-bond donors (Lipinski definition) is 2. The van der Waals surface area contributed by atoms with Crippen molar-refractivity contribution >= 4 is 5.96 Å². The Morgan fingerprint density at radius 2 is 2.07 bits per heavy atom. The molecule has 3 rings (SSSR count). The lowest BCUT2D eigenvalue weighted by atomic mass is 9.80. The number of guanidine groups is 1. The van der Waals surface area contributed by atoms with Crippen LogP contribution < -0.4 is 10.6 Å². The average molecular weight is 369 g/mol. The van der Waals surface area contributed by atoms with Crippen LogP contribution in [0.4, 0.5) is 0 Å². The third-order valence-corrected chi connectivity index (χ3v) is 5.37. The van der Waals surface area contributed by atoms with Crippen molar-refractivity contribution in [1.82, 2.24) is 25.4 Å². The van der Waals surface area contributed by atoms with E-state index in [1.54, 1.807) is 10.9 Å². The summed E-state index contributed by atoms with van der Waals surface area (Å²) in [5.41, 5.74) is 1.12. The molecule has 146 valence electrons. The number of pyridine rings is 1. The van der Waals surface area contributed by atoms with Crippen molar-refractivity contribution in [2.24, 2.45) is 16.8 Å². The first-order valence-electron chi connectivity index (χ1n) is 10.2. The fourth-order valence-electron chi connectivity index (χ4n) is 3.70. The molecule has 6 heteroatoms.